The van der Waals surface area contributed by atoms with Crippen molar-refractivity contribution in [2.45, 2.75) is 59.4 Å². The Bertz CT molecular complexity index is 580. The summed E-state index contributed by atoms with van der Waals surface area (Å²) in [5.74, 6) is -0.953. The monoisotopic (exact) mass is 277 g/mol. The van der Waals surface area contributed by atoms with E-state index >= 15 is 0 Å². The fourth-order valence-electron chi connectivity index (χ4n) is 3.52. The second kappa shape index (κ2) is 5.43. The van der Waals surface area contributed by atoms with Crippen LogP contribution < -0.4 is 5.56 Å². The first kappa shape index (κ1) is 14.8. The summed E-state index contributed by atoms with van der Waals surface area (Å²) < 4.78 is 1.67. The molecule has 2 rings (SSSR count). The smallest absolute Gasteiger partial charge is 0.337 e. The molecule has 0 saturated heterocycles. The maximum absolute atomic E-state index is 12.3. The lowest BCUT2D eigenvalue weighted by Crippen LogP contribution is -2.33. The Morgan fingerprint density at radius 3 is 2.45 bits per heavy atom. The minimum atomic E-state index is -0.953. The quantitative estimate of drug-likeness (QED) is 0.919. The Morgan fingerprint density at radius 2 is 1.95 bits per heavy atom. The highest BCUT2D eigenvalue weighted by molar-refractivity contribution is 5.90. The van der Waals surface area contributed by atoms with Crippen molar-refractivity contribution in [1.82, 2.24) is 4.57 Å². The van der Waals surface area contributed by atoms with E-state index in [0.29, 0.717) is 17.8 Å². The predicted octanol–water partition coefficient (Wildman–Crippen LogP) is 3.13. The van der Waals surface area contributed by atoms with Crippen LogP contribution in [0.3, 0.4) is 0 Å². The molecule has 4 heteroatoms. The molecule has 0 aromatic carbocycles. The number of aromatic nitrogens is 1. The third kappa shape index (κ3) is 2.51. The summed E-state index contributed by atoms with van der Waals surface area (Å²) >= 11 is 0. The maximum atomic E-state index is 12.3. The third-order valence-electron chi connectivity index (χ3n) is 4.89. The van der Waals surface area contributed by atoms with Gasteiger partial charge in [-0.2, -0.15) is 0 Å². The van der Waals surface area contributed by atoms with Gasteiger partial charge < -0.3 is 9.67 Å². The second-order valence-corrected chi connectivity index (χ2v) is 6.08. The fraction of sp³-hybridized carbons (Fsp3) is 0.625. The highest BCUT2D eigenvalue weighted by atomic mass is 16.4. The van der Waals surface area contributed by atoms with Gasteiger partial charge in [-0.1, -0.05) is 19.8 Å². The van der Waals surface area contributed by atoms with Crippen LogP contribution in [0.5, 0.6) is 0 Å². The lowest BCUT2D eigenvalue weighted by molar-refractivity contribution is 0.0693. The molecule has 0 spiro atoms. The van der Waals surface area contributed by atoms with Crippen LogP contribution in [0.2, 0.25) is 0 Å². The van der Waals surface area contributed by atoms with Crippen LogP contribution in [-0.4, -0.2) is 15.6 Å². The van der Waals surface area contributed by atoms with Gasteiger partial charge >= 0.3 is 5.97 Å². The first-order chi connectivity index (χ1) is 9.40. The van der Waals surface area contributed by atoms with Gasteiger partial charge in [-0.25, -0.2) is 4.79 Å². The van der Waals surface area contributed by atoms with E-state index in [1.807, 2.05) is 0 Å². The number of nitrogens with zero attached hydrogens (tertiary/aromatic N) is 1. The van der Waals surface area contributed by atoms with Crippen molar-refractivity contribution < 1.29 is 9.90 Å². The zero-order valence-electron chi connectivity index (χ0n) is 12.5. The van der Waals surface area contributed by atoms with Gasteiger partial charge in [-0.05, 0) is 44.1 Å². The van der Waals surface area contributed by atoms with Gasteiger partial charge in [-0.3, -0.25) is 4.79 Å². The maximum Gasteiger partial charge on any atom is 0.337 e. The predicted molar refractivity (Wildman–Crippen MR) is 78.3 cm³/mol. The number of carboxylic acids is 1. The van der Waals surface area contributed by atoms with Crippen LogP contribution in [0.25, 0.3) is 0 Å². The number of hydrogen-bond acceptors (Lipinski definition) is 2. The van der Waals surface area contributed by atoms with E-state index in [0.717, 1.165) is 19.3 Å². The van der Waals surface area contributed by atoms with Crippen molar-refractivity contribution >= 4 is 5.97 Å². The molecule has 1 saturated carbocycles. The Hall–Kier alpha value is -1.58. The zero-order valence-corrected chi connectivity index (χ0v) is 12.5. The fourth-order valence-corrected chi connectivity index (χ4v) is 3.52. The van der Waals surface area contributed by atoms with E-state index < -0.39 is 5.97 Å². The summed E-state index contributed by atoms with van der Waals surface area (Å²) in [7, 11) is 0. The Kier molecular flexibility index (Phi) is 4.02. The largest absolute Gasteiger partial charge is 0.478 e. The molecule has 0 radical (unpaired) electrons. The van der Waals surface area contributed by atoms with Gasteiger partial charge in [0.15, 0.2) is 0 Å². The van der Waals surface area contributed by atoms with Crippen molar-refractivity contribution in [3.8, 4) is 0 Å². The van der Waals surface area contributed by atoms with Crippen LogP contribution in [-0.2, 0) is 6.54 Å². The van der Waals surface area contributed by atoms with Crippen molar-refractivity contribution in [3.63, 3.8) is 0 Å². The molecule has 0 atom stereocenters. The lowest BCUT2D eigenvalue weighted by atomic mass is 9.83. The van der Waals surface area contributed by atoms with Gasteiger partial charge in [0, 0.05) is 18.3 Å². The molecule has 1 fully saturated rings. The molecular weight excluding hydrogens is 254 g/mol. The topological polar surface area (TPSA) is 59.3 Å². The number of rotatable bonds is 4. The van der Waals surface area contributed by atoms with Crippen LogP contribution >= 0.6 is 0 Å². The van der Waals surface area contributed by atoms with Gasteiger partial charge in [0.05, 0.1) is 5.56 Å². The van der Waals surface area contributed by atoms with Gasteiger partial charge in [0.25, 0.3) is 5.56 Å². The normalized spacial score (nSPS) is 17.4. The summed E-state index contributed by atoms with van der Waals surface area (Å²) in [5, 5.41) is 9.33. The number of carboxylic acid groups (broad SMARTS) is 1. The number of hydrogen-bond donors (Lipinski definition) is 1. The highest BCUT2D eigenvalue weighted by Crippen LogP contribution is 2.42. The van der Waals surface area contributed by atoms with E-state index in [-0.39, 0.29) is 16.5 Å². The molecular formula is C16H23NO3. The standard InChI is InChI=1S/C16H23NO3/c1-4-16(7-5-6-8-16)10-17-12(3)14(15(19)20)11(2)9-13(17)18/h9H,4-8,10H2,1-3H3,(H,19,20). The third-order valence-corrected chi connectivity index (χ3v) is 4.89. The van der Waals surface area contributed by atoms with Crippen LogP contribution in [0.4, 0.5) is 0 Å². The van der Waals surface area contributed by atoms with Crippen LogP contribution in [0, 0.1) is 19.3 Å². The molecule has 1 aromatic heterocycles. The molecule has 0 amide bonds. The Labute approximate surface area is 119 Å². The summed E-state index contributed by atoms with van der Waals surface area (Å²) in [6.45, 7) is 6.25. The van der Waals surface area contributed by atoms with Crippen molar-refractivity contribution in [2.75, 3.05) is 0 Å². The molecule has 1 aliphatic carbocycles. The van der Waals surface area contributed by atoms with E-state index in [1.54, 1.807) is 18.4 Å². The van der Waals surface area contributed by atoms with Crippen LogP contribution in [0.1, 0.15) is 60.6 Å². The lowest BCUT2D eigenvalue weighted by Gasteiger charge is -2.29. The average Bonchev–Trinajstić information content (AvgIpc) is 2.83. The summed E-state index contributed by atoms with van der Waals surface area (Å²) in [4.78, 5) is 23.6. The second-order valence-electron chi connectivity index (χ2n) is 6.08. The molecule has 1 heterocycles. The number of aromatic carboxylic acids is 1. The number of carbonyl (C=O) groups is 1. The number of pyridine rings is 1. The van der Waals surface area contributed by atoms with Crippen LogP contribution in [0.15, 0.2) is 10.9 Å². The first-order valence-corrected chi connectivity index (χ1v) is 7.34. The molecule has 0 unspecified atom stereocenters. The first-order valence-electron chi connectivity index (χ1n) is 7.34. The molecule has 0 bridgehead atoms. The summed E-state index contributed by atoms with van der Waals surface area (Å²) in [5.41, 5.74) is 1.49. The van der Waals surface area contributed by atoms with Crippen molar-refractivity contribution in [3.05, 3.63) is 33.2 Å². The minimum absolute atomic E-state index is 0.0790. The zero-order chi connectivity index (χ0) is 14.9. The van der Waals surface area contributed by atoms with Gasteiger partial charge in [0.1, 0.15) is 0 Å². The van der Waals surface area contributed by atoms with E-state index in [2.05, 4.69) is 6.92 Å². The van der Waals surface area contributed by atoms with Crippen molar-refractivity contribution in [2.24, 2.45) is 5.41 Å². The molecule has 1 aromatic rings. The molecule has 4 nitrogen and oxygen atoms in total. The highest BCUT2D eigenvalue weighted by Gasteiger charge is 2.33. The Morgan fingerprint density at radius 1 is 1.35 bits per heavy atom. The average molecular weight is 277 g/mol. The Balaban J connectivity index is 2.49. The number of aryl methyl sites for hydroxylation is 1. The van der Waals surface area contributed by atoms with E-state index in [9.17, 15) is 14.7 Å². The summed E-state index contributed by atoms with van der Waals surface area (Å²) in [6.07, 6.45) is 5.71. The molecule has 110 valence electrons. The minimum Gasteiger partial charge on any atom is -0.478 e. The SMILES string of the molecule is CCC1(Cn2c(C)c(C(=O)O)c(C)cc2=O)CCCC1. The summed E-state index contributed by atoms with van der Waals surface area (Å²) in [6, 6.07) is 1.45. The van der Waals surface area contributed by atoms with E-state index in [4.69, 9.17) is 0 Å². The molecule has 20 heavy (non-hydrogen) atoms. The molecule has 1 aliphatic rings. The van der Waals surface area contributed by atoms with E-state index in [1.165, 1.54) is 18.9 Å². The van der Waals surface area contributed by atoms with Gasteiger partial charge in [-0.15, -0.1) is 0 Å². The molecule has 1 N–H and O–H groups in total. The molecule has 0 aliphatic heterocycles. The van der Waals surface area contributed by atoms with Gasteiger partial charge in [0.2, 0.25) is 0 Å². The van der Waals surface area contributed by atoms with Crippen molar-refractivity contribution in [1.29, 1.82) is 0 Å².